The third-order valence-electron chi connectivity index (χ3n) is 4.16. The molecule has 4 nitrogen and oxygen atoms in total. The molecule has 0 atom stereocenters. The van der Waals surface area contributed by atoms with Gasteiger partial charge in [0.2, 0.25) is 0 Å². The number of nitrogens with zero attached hydrogens (tertiary/aromatic N) is 1. The number of amides is 1. The van der Waals surface area contributed by atoms with Crippen LogP contribution < -0.4 is 10.4 Å². The third-order valence-corrected chi connectivity index (χ3v) is 4.16. The number of hydrogen-bond donors (Lipinski definition) is 1. The van der Waals surface area contributed by atoms with Crippen LogP contribution in [0.5, 0.6) is 0 Å². The first-order chi connectivity index (χ1) is 13.3. The van der Waals surface area contributed by atoms with E-state index in [1.54, 1.807) is 42.5 Å². The Morgan fingerprint density at radius 1 is 0.964 bits per heavy atom. The molecule has 1 N–H and O–H groups in total. The fourth-order valence-electron chi connectivity index (χ4n) is 2.75. The van der Waals surface area contributed by atoms with Gasteiger partial charge in [0.15, 0.2) is 0 Å². The van der Waals surface area contributed by atoms with Crippen LogP contribution in [0, 0.1) is 5.21 Å². The van der Waals surface area contributed by atoms with Gasteiger partial charge in [0, 0.05) is 16.9 Å². The molecule has 0 unspecified atom stereocenters. The molecule has 0 saturated heterocycles. The van der Waals surface area contributed by atoms with E-state index in [9.17, 15) is 23.2 Å². The van der Waals surface area contributed by atoms with Crippen LogP contribution in [-0.2, 0) is 6.18 Å². The maximum absolute atomic E-state index is 12.8. The van der Waals surface area contributed by atoms with Crippen LogP contribution >= 0.6 is 0 Å². The Morgan fingerprint density at radius 2 is 1.64 bits per heavy atom. The summed E-state index contributed by atoms with van der Waals surface area (Å²) in [5.41, 5.74) is 1.37. The van der Waals surface area contributed by atoms with Gasteiger partial charge in [-0.1, -0.05) is 36.4 Å². The smallest absolute Gasteiger partial charge is 0.416 e. The van der Waals surface area contributed by atoms with Crippen molar-refractivity contribution in [3.63, 3.8) is 0 Å². The van der Waals surface area contributed by atoms with Crippen LogP contribution in [-0.4, -0.2) is 13.0 Å². The van der Waals surface area contributed by atoms with Crippen molar-refractivity contribution in [2.45, 2.75) is 6.18 Å². The predicted molar refractivity (Wildman–Crippen MR) is 103 cm³/mol. The molecular weight excluding hydrogens is 369 g/mol. The summed E-state index contributed by atoms with van der Waals surface area (Å²) >= 11 is 0. The van der Waals surface area contributed by atoms with E-state index in [0.29, 0.717) is 33.1 Å². The number of carbonyl (C=O) groups excluding carboxylic acids is 1. The van der Waals surface area contributed by atoms with E-state index in [-0.39, 0.29) is 0 Å². The van der Waals surface area contributed by atoms with Crippen molar-refractivity contribution in [1.29, 1.82) is 0 Å². The summed E-state index contributed by atoms with van der Waals surface area (Å²) in [6.07, 6.45) is -4.42. The van der Waals surface area contributed by atoms with Gasteiger partial charge in [-0.05, 0) is 54.6 Å². The number of rotatable bonds is 4. The first-order valence-electron chi connectivity index (χ1n) is 8.34. The molecule has 0 fully saturated rings. The summed E-state index contributed by atoms with van der Waals surface area (Å²) in [4.78, 5) is 12.7. The minimum absolute atomic E-state index is 0.308. The number of hydroxylamine groups is 1. The summed E-state index contributed by atoms with van der Waals surface area (Å²) in [7, 11) is 1.35. The molecule has 144 valence electrons. The van der Waals surface area contributed by atoms with Gasteiger partial charge in [-0.15, -0.1) is 0 Å². The van der Waals surface area contributed by atoms with Crippen molar-refractivity contribution in [3.8, 4) is 11.1 Å². The maximum Gasteiger partial charge on any atom is 0.416 e. The highest BCUT2D eigenvalue weighted by Gasteiger charge is 2.30. The lowest BCUT2D eigenvalue weighted by Crippen LogP contribution is -2.14. The van der Waals surface area contributed by atoms with Gasteiger partial charge in [0.05, 0.1) is 5.56 Å². The minimum atomic E-state index is -4.42. The van der Waals surface area contributed by atoms with Crippen LogP contribution in [0.3, 0.4) is 0 Å². The summed E-state index contributed by atoms with van der Waals surface area (Å²) in [5.74, 6) is -0.429. The lowest BCUT2D eigenvalue weighted by molar-refractivity contribution is -0.137. The highest BCUT2D eigenvalue weighted by atomic mass is 19.4. The zero-order valence-corrected chi connectivity index (χ0v) is 14.8. The first-order valence-corrected chi connectivity index (χ1v) is 8.34. The Morgan fingerprint density at radius 3 is 2.29 bits per heavy atom. The Labute approximate surface area is 159 Å². The number of carbonyl (C=O) groups is 1. The van der Waals surface area contributed by atoms with E-state index in [2.05, 4.69) is 5.32 Å². The molecule has 0 aliphatic rings. The van der Waals surface area contributed by atoms with E-state index in [1.807, 2.05) is 0 Å². The van der Waals surface area contributed by atoms with Gasteiger partial charge < -0.3 is 15.6 Å². The normalized spacial score (nSPS) is 11.2. The SMILES string of the molecule is CN([O-])c1cccc(NC(=O)c2ccccc2-c2ccc(C(F)(F)F)cc2)c1. The molecule has 0 aliphatic heterocycles. The standard InChI is InChI=1S/C21H16F3N2O2/c1-26(28)17-6-4-5-16(13-17)25-20(27)19-8-3-2-7-18(19)14-9-11-15(12-10-14)21(22,23)24/h2-13H,1H3,(H,25,27)/q-1. The summed E-state index contributed by atoms with van der Waals surface area (Å²) in [5, 5.41) is 14.8. The highest BCUT2D eigenvalue weighted by molar-refractivity contribution is 6.08. The molecule has 7 heteroatoms. The quantitative estimate of drug-likeness (QED) is 0.599. The van der Waals surface area contributed by atoms with Crippen LogP contribution in [0.25, 0.3) is 11.1 Å². The molecule has 0 spiro atoms. The second kappa shape index (κ2) is 7.74. The van der Waals surface area contributed by atoms with Gasteiger partial charge >= 0.3 is 6.18 Å². The predicted octanol–water partition coefficient (Wildman–Crippen LogP) is 5.56. The zero-order chi connectivity index (χ0) is 20.3. The van der Waals surface area contributed by atoms with E-state index in [4.69, 9.17) is 0 Å². The van der Waals surface area contributed by atoms with Crippen LogP contribution in [0.4, 0.5) is 24.5 Å². The highest BCUT2D eigenvalue weighted by Crippen LogP contribution is 2.32. The van der Waals surface area contributed by atoms with Crippen molar-refractivity contribution < 1.29 is 18.0 Å². The lowest BCUT2D eigenvalue weighted by atomic mass is 9.98. The van der Waals surface area contributed by atoms with Crippen molar-refractivity contribution in [3.05, 3.63) is 89.1 Å². The lowest BCUT2D eigenvalue weighted by Gasteiger charge is -2.25. The summed E-state index contributed by atoms with van der Waals surface area (Å²) < 4.78 is 38.3. The molecule has 0 heterocycles. The molecule has 28 heavy (non-hydrogen) atoms. The molecule has 0 bridgehead atoms. The molecule has 0 saturated carbocycles. The minimum Gasteiger partial charge on any atom is -0.758 e. The van der Waals surface area contributed by atoms with E-state index < -0.39 is 17.6 Å². The van der Waals surface area contributed by atoms with Crippen LogP contribution in [0.1, 0.15) is 15.9 Å². The largest absolute Gasteiger partial charge is 0.758 e. The molecule has 3 aromatic carbocycles. The van der Waals surface area contributed by atoms with Gasteiger partial charge in [0.1, 0.15) is 0 Å². The first kappa shape index (κ1) is 19.4. The second-order valence-corrected chi connectivity index (χ2v) is 6.12. The number of alkyl halides is 3. The zero-order valence-electron chi connectivity index (χ0n) is 14.8. The average molecular weight is 385 g/mol. The molecule has 0 radical (unpaired) electrons. The Bertz CT molecular complexity index is 983. The topological polar surface area (TPSA) is 55.4 Å². The Kier molecular flexibility index (Phi) is 5.37. The molecule has 3 aromatic rings. The molecule has 3 rings (SSSR count). The van der Waals surface area contributed by atoms with Crippen molar-refractivity contribution >= 4 is 17.3 Å². The monoisotopic (exact) mass is 385 g/mol. The van der Waals surface area contributed by atoms with Crippen molar-refractivity contribution in [2.24, 2.45) is 0 Å². The number of hydrogen-bond acceptors (Lipinski definition) is 3. The number of halogens is 3. The Balaban J connectivity index is 1.90. The maximum atomic E-state index is 12.8. The molecule has 0 aliphatic carbocycles. The van der Waals surface area contributed by atoms with Gasteiger partial charge in [-0.25, -0.2) is 0 Å². The van der Waals surface area contributed by atoms with E-state index in [1.165, 1.54) is 25.2 Å². The van der Waals surface area contributed by atoms with Crippen molar-refractivity contribution in [2.75, 3.05) is 17.4 Å². The van der Waals surface area contributed by atoms with Crippen LogP contribution in [0.15, 0.2) is 72.8 Å². The number of nitrogens with one attached hydrogen (secondary N) is 1. The fourth-order valence-corrected chi connectivity index (χ4v) is 2.75. The number of anilines is 2. The van der Waals surface area contributed by atoms with Gasteiger partial charge in [0.25, 0.3) is 5.91 Å². The summed E-state index contributed by atoms with van der Waals surface area (Å²) in [6.45, 7) is 0. The number of benzene rings is 3. The second-order valence-electron chi connectivity index (χ2n) is 6.12. The Hall–Kier alpha value is -3.32. The fraction of sp³-hybridized carbons (Fsp3) is 0.0952. The van der Waals surface area contributed by atoms with Gasteiger partial charge in [-0.3, -0.25) is 4.79 Å². The van der Waals surface area contributed by atoms with E-state index in [0.717, 1.165) is 12.1 Å². The molecule has 0 aromatic heterocycles. The van der Waals surface area contributed by atoms with Crippen LogP contribution in [0.2, 0.25) is 0 Å². The summed E-state index contributed by atoms with van der Waals surface area (Å²) in [6, 6.07) is 17.7. The van der Waals surface area contributed by atoms with Gasteiger partial charge in [-0.2, -0.15) is 13.2 Å². The van der Waals surface area contributed by atoms with E-state index >= 15 is 0 Å². The molecule has 1 amide bonds. The van der Waals surface area contributed by atoms with Crippen molar-refractivity contribution in [1.82, 2.24) is 0 Å². The third kappa shape index (κ3) is 4.32. The average Bonchev–Trinajstić information content (AvgIpc) is 2.67. The molecular formula is C21H16F3N2O2-.